The second-order valence-corrected chi connectivity index (χ2v) is 4.93. The number of benzene rings is 1. The number of hydrogen-bond acceptors (Lipinski definition) is 4. The van der Waals surface area contributed by atoms with E-state index >= 15 is 0 Å². The van der Waals surface area contributed by atoms with E-state index < -0.39 is 0 Å². The second kappa shape index (κ2) is 6.18. The predicted molar refractivity (Wildman–Crippen MR) is 81.3 cm³/mol. The smallest absolute Gasteiger partial charge is 0.163 e. The van der Waals surface area contributed by atoms with Crippen LogP contribution >= 0.6 is 0 Å². The summed E-state index contributed by atoms with van der Waals surface area (Å²) in [6.45, 7) is 7.04. The first-order valence-corrected chi connectivity index (χ1v) is 7.49. The molecule has 5 nitrogen and oxygen atoms in total. The Morgan fingerprint density at radius 3 is 2.81 bits per heavy atom. The van der Waals surface area contributed by atoms with Gasteiger partial charge in [0.25, 0.3) is 0 Å². The van der Waals surface area contributed by atoms with E-state index in [1.54, 1.807) is 0 Å². The highest BCUT2D eigenvalue weighted by Crippen LogP contribution is 2.31. The van der Waals surface area contributed by atoms with Crippen molar-refractivity contribution in [3.8, 4) is 17.2 Å². The van der Waals surface area contributed by atoms with Crippen molar-refractivity contribution in [1.82, 2.24) is 14.9 Å². The van der Waals surface area contributed by atoms with E-state index in [0.717, 1.165) is 42.4 Å². The minimum Gasteiger partial charge on any atom is -0.490 e. The third-order valence-electron chi connectivity index (χ3n) is 3.59. The van der Waals surface area contributed by atoms with Gasteiger partial charge in [0.15, 0.2) is 11.5 Å². The molecule has 1 aromatic heterocycles. The summed E-state index contributed by atoms with van der Waals surface area (Å²) >= 11 is 0. The number of imidazole rings is 1. The molecule has 0 radical (unpaired) electrons. The first-order chi connectivity index (χ1) is 10.3. The number of ether oxygens (including phenoxy) is 2. The van der Waals surface area contributed by atoms with Crippen LogP contribution in [0.15, 0.2) is 24.5 Å². The van der Waals surface area contributed by atoms with Crippen molar-refractivity contribution >= 4 is 0 Å². The summed E-state index contributed by atoms with van der Waals surface area (Å²) in [7, 11) is 0. The summed E-state index contributed by atoms with van der Waals surface area (Å²) in [4.78, 5) is 4.50. The Bertz CT molecular complexity index is 622. The SMILES string of the molecule is CCOc1ccc(-n2cnc3c2CCNC3)cc1OCC. The molecule has 0 bridgehead atoms. The highest BCUT2D eigenvalue weighted by molar-refractivity contribution is 5.50. The Balaban J connectivity index is 1.98. The van der Waals surface area contributed by atoms with Gasteiger partial charge in [0, 0.05) is 31.3 Å². The van der Waals surface area contributed by atoms with Crippen LogP contribution in [0.1, 0.15) is 25.2 Å². The predicted octanol–water partition coefficient (Wildman–Crippen LogP) is 2.32. The third-order valence-corrected chi connectivity index (χ3v) is 3.59. The number of nitrogens with zero attached hydrogens (tertiary/aromatic N) is 2. The Morgan fingerprint density at radius 2 is 2.00 bits per heavy atom. The molecule has 112 valence electrons. The molecule has 1 aliphatic rings. The number of fused-ring (bicyclic) bond motifs is 1. The lowest BCUT2D eigenvalue weighted by Gasteiger charge is -2.17. The molecule has 1 aliphatic heterocycles. The van der Waals surface area contributed by atoms with Crippen LogP contribution in [0.3, 0.4) is 0 Å². The minimum atomic E-state index is 0.621. The van der Waals surface area contributed by atoms with Crippen molar-refractivity contribution in [3.63, 3.8) is 0 Å². The van der Waals surface area contributed by atoms with Gasteiger partial charge in [-0.15, -0.1) is 0 Å². The Morgan fingerprint density at radius 1 is 1.19 bits per heavy atom. The zero-order chi connectivity index (χ0) is 14.7. The zero-order valence-corrected chi connectivity index (χ0v) is 12.6. The van der Waals surface area contributed by atoms with Crippen molar-refractivity contribution in [3.05, 3.63) is 35.9 Å². The maximum atomic E-state index is 5.70. The Labute approximate surface area is 124 Å². The van der Waals surface area contributed by atoms with E-state index in [1.165, 1.54) is 5.69 Å². The first kappa shape index (κ1) is 13.9. The molecular weight excluding hydrogens is 266 g/mol. The van der Waals surface area contributed by atoms with Gasteiger partial charge in [-0.05, 0) is 26.0 Å². The monoisotopic (exact) mass is 287 g/mol. The Hall–Kier alpha value is -2.01. The number of hydrogen-bond donors (Lipinski definition) is 1. The minimum absolute atomic E-state index is 0.621. The van der Waals surface area contributed by atoms with Crippen LogP contribution < -0.4 is 14.8 Å². The third kappa shape index (κ3) is 2.74. The van der Waals surface area contributed by atoms with E-state index in [9.17, 15) is 0 Å². The molecule has 0 aliphatic carbocycles. The molecular formula is C16H21N3O2. The molecule has 0 fully saturated rings. The molecule has 0 saturated heterocycles. The molecule has 0 amide bonds. The van der Waals surface area contributed by atoms with Crippen LogP contribution in [0.5, 0.6) is 11.5 Å². The highest BCUT2D eigenvalue weighted by atomic mass is 16.5. The molecule has 21 heavy (non-hydrogen) atoms. The largest absolute Gasteiger partial charge is 0.490 e. The lowest BCUT2D eigenvalue weighted by Crippen LogP contribution is -2.24. The fraction of sp³-hybridized carbons (Fsp3) is 0.438. The van der Waals surface area contributed by atoms with Crippen molar-refractivity contribution < 1.29 is 9.47 Å². The molecule has 2 heterocycles. The van der Waals surface area contributed by atoms with Crippen LogP contribution in [0.4, 0.5) is 0 Å². The maximum Gasteiger partial charge on any atom is 0.163 e. The van der Waals surface area contributed by atoms with Gasteiger partial charge in [-0.2, -0.15) is 0 Å². The van der Waals surface area contributed by atoms with Crippen LogP contribution in [-0.2, 0) is 13.0 Å². The molecule has 1 aromatic carbocycles. The van der Waals surface area contributed by atoms with Crippen molar-refractivity contribution in [2.45, 2.75) is 26.8 Å². The topological polar surface area (TPSA) is 48.3 Å². The average molecular weight is 287 g/mol. The highest BCUT2D eigenvalue weighted by Gasteiger charge is 2.16. The lowest BCUT2D eigenvalue weighted by molar-refractivity contribution is 0.287. The Kier molecular flexibility index (Phi) is 4.10. The fourth-order valence-corrected chi connectivity index (χ4v) is 2.65. The molecule has 3 rings (SSSR count). The van der Waals surface area contributed by atoms with Gasteiger partial charge in [0.2, 0.25) is 0 Å². The normalized spacial score (nSPS) is 13.8. The van der Waals surface area contributed by atoms with E-state index in [4.69, 9.17) is 9.47 Å². The second-order valence-electron chi connectivity index (χ2n) is 4.93. The first-order valence-electron chi connectivity index (χ1n) is 7.49. The standard InChI is InChI=1S/C16H21N3O2/c1-3-20-15-6-5-12(9-16(15)21-4-2)19-11-18-13-10-17-8-7-14(13)19/h5-6,9,11,17H,3-4,7-8,10H2,1-2H3. The number of nitrogens with one attached hydrogen (secondary N) is 1. The lowest BCUT2D eigenvalue weighted by atomic mass is 10.1. The average Bonchev–Trinajstić information content (AvgIpc) is 2.93. The van der Waals surface area contributed by atoms with Gasteiger partial charge in [-0.25, -0.2) is 4.98 Å². The van der Waals surface area contributed by atoms with E-state index in [-0.39, 0.29) is 0 Å². The van der Waals surface area contributed by atoms with Crippen LogP contribution in [-0.4, -0.2) is 29.3 Å². The number of aromatic nitrogens is 2. The van der Waals surface area contributed by atoms with Crippen molar-refractivity contribution in [2.24, 2.45) is 0 Å². The molecule has 0 saturated carbocycles. The van der Waals surface area contributed by atoms with Gasteiger partial charge in [0.05, 0.1) is 30.9 Å². The van der Waals surface area contributed by atoms with Crippen molar-refractivity contribution in [2.75, 3.05) is 19.8 Å². The zero-order valence-electron chi connectivity index (χ0n) is 12.6. The maximum absolute atomic E-state index is 5.70. The molecule has 0 unspecified atom stereocenters. The molecule has 2 aromatic rings. The van der Waals surface area contributed by atoms with Gasteiger partial charge < -0.3 is 19.4 Å². The van der Waals surface area contributed by atoms with Gasteiger partial charge >= 0.3 is 0 Å². The van der Waals surface area contributed by atoms with Gasteiger partial charge in [0.1, 0.15) is 0 Å². The van der Waals surface area contributed by atoms with Gasteiger partial charge in [-0.3, -0.25) is 0 Å². The van der Waals surface area contributed by atoms with Crippen LogP contribution in [0, 0.1) is 0 Å². The molecule has 0 spiro atoms. The summed E-state index contributed by atoms with van der Waals surface area (Å²) in [6.07, 6.45) is 2.88. The van der Waals surface area contributed by atoms with E-state index in [0.29, 0.717) is 13.2 Å². The summed E-state index contributed by atoms with van der Waals surface area (Å²) in [5, 5.41) is 3.34. The van der Waals surface area contributed by atoms with Crippen molar-refractivity contribution in [1.29, 1.82) is 0 Å². The van der Waals surface area contributed by atoms with Crippen LogP contribution in [0.25, 0.3) is 5.69 Å². The fourth-order valence-electron chi connectivity index (χ4n) is 2.65. The van der Waals surface area contributed by atoms with E-state index in [1.807, 2.05) is 32.3 Å². The van der Waals surface area contributed by atoms with Gasteiger partial charge in [-0.1, -0.05) is 0 Å². The molecule has 5 heteroatoms. The summed E-state index contributed by atoms with van der Waals surface area (Å²) < 4.78 is 13.5. The van der Waals surface area contributed by atoms with Crippen LogP contribution in [0.2, 0.25) is 0 Å². The molecule has 1 N–H and O–H groups in total. The quantitative estimate of drug-likeness (QED) is 0.917. The van der Waals surface area contributed by atoms with E-state index in [2.05, 4.69) is 20.9 Å². The summed E-state index contributed by atoms with van der Waals surface area (Å²) in [5.74, 6) is 1.58. The summed E-state index contributed by atoms with van der Waals surface area (Å²) in [6, 6.07) is 6.05. The number of rotatable bonds is 5. The molecule has 0 atom stereocenters. The summed E-state index contributed by atoms with van der Waals surface area (Å²) in [5.41, 5.74) is 3.48.